The minimum atomic E-state index is -1.10. The fourth-order valence-corrected chi connectivity index (χ4v) is 0.677. The van der Waals surface area contributed by atoms with E-state index in [0.29, 0.717) is 12.2 Å². The summed E-state index contributed by atoms with van der Waals surface area (Å²) in [5, 5.41) is 14.7. The van der Waals surface area contributed by atoms with Gasteiger partial charge in [-0.25, -0.2) is 4.79 Å². The summed E-state index contributed by atoms with van der Waals surface area (Å²) < 4.78 is 4.49. The highest BCUT2D eigenvalue weighted by molar-refractivity contribution is 5.84. The first-order valence-electron chi connectivity index (χ1n) is 3.07. The Morgan fingerprint density at radius 1 is 1.91 bits per heavy atom. The van der Waals surface area contributed by atoms with Crippen LogP contribution in [0.4, 0.5) is 0 Å². The van der Waals surface area contributed by atoms with Crippen molar-refractivity contribution in [2.45, 2.75) is 6.54 Å². The van der Waals surface area contributed by atoms with E-state index in [4.69, 9.17) is 5.11 Å². The third-order valence-electron chi connectivity index (χ3n) is 1.13. The third kappa shape index (κ3) is 1.78. The molecule has 0 bridgehead atoms. The van der Waals surface area contributed by atoms with Gasteiger partial charge in [-0.05, 0) is 7.05 Å². The lowest BCUT2D eigenvalue weighted by Crippen LogP contribution is -2.04. The molecule has 5 heteroatoms. The molecule has 0 amide bonds. The molecule has 0 spiro atoms. The standard InChI is InChI=1S/C6H8N2O3/c1-7-3-4-2-5(6(9)10)11-8-4/h2,7H,3H2,1H3,(H,9,10). The molecule has 2 N–H and O–H groups in total. The first-order chi connectivity index (χ1) is 5.24. The smallest absolute Gasteiger partial charge is 0.374 e. The summed E-state index contributed by atoms with van der Waals surface area (Å²) in [6.45, 7) is 0.511. The van der Waals surface area contributed by atoms with E-state index >= 15 is 0 Å². The zero-order chi connectivity index (χ0) is 8.27. The molecule has 0 aliphatic heterocycles. The number of nitrogens with one attached hydrogen (secondary N) is 1. The van der Waals surface area contributed by atoms with Crippen LogP contribution in [-0.4, -0.2) is 23.3 Å². The molecule has 0 unspecified atom stereocenters. The topological polar surface area (TPSA) is 75.4 Å². The van der Waals surface area contributed by atoms with Gasteiger partial charge in [-0.2, -0.15) is 0 Å². The maximum atomic E-state index is 10.3. The first-order valence-corrected chi connectivity index (χ1v) is 3.07. The monoisotopic (exact) mass is 156 g/mol. The number of aromatic nitrogens is 1. The van der Waals surface area contributed by atoms with Crippen LogP contribution in [0.15, 0.2) is 10.6 Å². The number of aromatic carboxylic acids is 1. The number of hydrogen-bond acceptors (Lipinski definition) is 4. The van der Waals surface area contributed by atoms with Gasteiger partial charge in [-0.15, -0.1) is 0 Å². The van der Waals surface area contributed by atoms with Crippen molar-refractivity contribution in [2.24, 2.45) is 0 Å². The zero-order valence-corrected chi connectivity index (χ0v) is 6.00. The van der Waals surface area contributed by atoms with Gasteiger partial charge >= 0.3 is 5.97 Å². The molecule has 0 atom stereocenters. The van der Waals surface area contributed by atoms with Crippen molar-refractivity contribution in [2.75, 3.05) is 7.05 Å². The molecule has 0 saturated heterocycles. The van der Waals surface area contributed by atoms with E-state index in [9.17, 15) is 4.79 Å². The van der Waals surface area contributed by atoms with Crippen LogP contribution in [0.3, 0.4) is 0 Å². The van der Waals surface area contributed by atoms with Gasteiger partial charge in [0.1, 0.15) is 0 Å². The fourth-order valence-electron chi connectivity index (χ4n) is 0.677. The van der Waals surface area contributed by atoms with Gasteiger partial charge in [0.25, 0.3) is 0 Å². The number of hydrogen-bond donors (Lipinski definition) is 2. The van der Waals surface area contributed by atoms with Gasteiger partial charge in [0.2, 0.25) is 5.76 Å². The summed E-state index contributed by atoms with van der Waals surface area (Å²) in [5.74, 6) is -1.23. The summed E-state index contributed by atoms with van der Waals surface area (Å²) in [5.41, 5.74) is 0.588. The summed E-state index contributed by atoms with van der Waals surface area (Å²) in [7, 11) is 1.75. The predicted octanol–water partition coefficient (Wildman–Crippen LogP) is 0.0922. The molecule has 5 nitrogen and oxygen atoms in total. The van der Waals surface area contributed by atoms with Crippen molar-refractivity contribution in [3.8, 4) is 0 Å². The second-order valence-corrected chi connectivity index (χ2v) is 2.02. The van der Waals surface area contributed by atoms with E-state index < -0.39 is 5.97 Å². The molecular weight excluding hydrogens is 148 g/mol. The third-order valence-corrected chi connectivity index (χ3v) is 1.13. The first kappa shape index (κ1) is 7.74. The minimum Gasteiger partial charge on any atom is -0.475 e. The highest BCUT2D eigenvalue weighted by Crippen LogP contribution is 2.02. The fraction of sp³-hybridized carbons (Fsp3) is 0.333. The average molecular weight is 156 g/mol. The van der Waals surface area contributed by atoms with E-state index in [1.807, 2.05) is 0 Å². The maximum absolute atomic E-state index is 10.3. The molecule has 1 aromatic rings. The van der Waals surface area contributed by atoms with Crippen LogP contribution in [-0.2, 0) is 6.54 Å². The van der Waals surface area contributed by atoms with Crippen LogP contribution in [0.5, 0.6) is 0 Å². The molecule has 0 radical (unpaired) electrons. The molecule has 0 aliphatic carbocycles. The van der Waals surface area contributed by atoms with E-state index in [2.05, 4.69) is 15.0 Å². The molecule has 11 heavy (non-hydrogen) atoms. The van der Waals surface area contributed by atoms with Gasteiger partial charge in [0.05, 0.1) is 5.69 Å². The lowest BCUT2D eigenvalue weighted by molar-refractivity contribution is 0.0652. The quantitative estimate of drug-likeness (QED) is 0.648. The zero-order valence-electron chi connectivity index (χ0n) is 6.00. The molecular formula is C6H8N2O3. The summed E-state index contributed by atoms with van der Waals surface area (Å²) in [6.07, 6.45) is 0. The normalized spacial score (nSPS) is 9.91. The van der Waals surface area contributed by atoms with Crippen molar-refractivity contribution in [3.63, 3.8) is 0 Å². The molecule has 0 aromatic carbocycles. The van der Waals surface area contributed by atoms with Crippen molar-refractivity contribution in [1.82, 2.24) is 10.5 Å². The Kier molecular flexibility index (Phi) is 2.22. The van der Waals surface area contributed by atoms with E-state index in [1.165, 1.54) is 6.07 Å². The Morgan fingerprint density at radius 2 is 2.64 bits per heavy atom. The van der Waals surface area contributed by atoms with Gasteiger partial charge < -0.3 is 14.9 Å². The average Bonchev–Trinajstić information content (AvgIpc) is 2.37. The van der Waals surface area contributed by atoms with E-state index in [0.717, 1.165) is 0 Å². The van der Waals surface area contributed by atoms with Gasteiger partial charge in [0, 0.05) is 12.6 Å². The number of carbonyl (C=O) groups is 1. The number of nitrogens with zero attached hydrogens (tertiary/aromatic N) is 1. The van der Waals surface area contributed by atoms with Gasteiger partial charge in [0.15, 0.2) is 0 Å². The summed E-state index contributed by atoms with van der Waals surface area (Å²) >= 11 is 0. The molecule has 0 aliphatic rings. The van der Waals surface area contributed by atoms with Crippen LogP contribution in [0, 0.1) is 0 Å². The largest absolute Gasteiger partial charge is 0.475 e. The predicted molar refractivity (Wildman–Crippen MR) is 36.2 cm³/mol. The van der Waals surface area contributed by atoms with Crippen LogP contribution >= 0.6 is 0 Å². The Bertz CT molecular complexity index is 256. The van der Waals surface area contributed by atoms with Crippen molar-refractivity contribution in [1.29, 1.82) is 0 Å². The SMILES string of the molecule is CNCc1cc(C(=O)O)on1. The van der Waals surface area contributed by atoms with Gasteiger partial charge in [-0.1, -0.05) is 5.16 Å². The van der Waals surface area contributed by atoms with Crippen molar-refractivity contribution in [3.05, 3.63) is 17.5 Å². The highest BCUT2D eigenvalue weighted by Gasteiger charge is 2.09. The summed E-state index contributed by atoms with van der Waals surface area (Å²) in [4.78, 5) is 10.3. The van der Waals surface area contributed by atoms with E-state index in [-0.39, 0.29) is 5.76 Å². The molecule has 1 aromatic heterocycles. The number of carboxylic acid groups (broad SMARTS) is 1. The molecule has 0 fully saturated rings. The minimum absolute atomic E-state index is 0.129. The Labute approximate surface area is 63.0 Å². The summed E-state index contributed by atoms with van der Waals surface area (Å²) in [6, 6.07) is 1.39. The van der Waals surface area contributed by atoms with Crippen LogP contribution in [0.1, 0.15) is 16.2 Å². The van der Waals surface area contributed by atoms with Gasteiger partial charge in [-0.3, -0.25) is 0 Å². The maximum Gasteiger partial charge on any atom is 0.374 e. The second-order valence-electron chi connectivity index (χ2n) is 2.02. The molecule has 0 saturated carbocycles. The number of rotatable bonds is 3. The van der Waals surface area contributed by atoms with Crippen LogP contribution in [0.2, 0.25) is 0 Å². The Morgan fingerprint density at radius 3 is 3.09 bits per heavy atom. The van der Waals surface area contributed by atoms with Crippen molar-refractivity contribution < 1.29 is 14.4 Å². The van der Waals surface area contributed by atoms with Crippen LogP contribution < -0.4 is 5.32 Å². The molecule has 60 valence electrons. The second kappa shape index (κ2) is 3.16. The number of carboxylic acids is 1. The lowest BCUT2D eigenvalue weighted by atomic mass is 10.3. The van der Waals surface area contributed by atoms with Crippen molar-refractivity contribution >= 4 is 5.97 Å². The van der Waals surface area contributed by atoms with E-state index in [1.54, 1.807) is 7.05 Å². The Balaban J connectivity index is 2.73. The highest BCUT2D eigenvalue weighted by atomic mass is 16.5. The molecule has 1 rings (SSSR count). The Hall–Kier alpha value is -1.36. The lowest BCUT2D eigenvalue weighted by Gasteiger charge is -1.86. The molecule has 1 heterocycles. The van der Waals surface area contributed by atoms with Crippen LogP contribution in [0.25, 0.3) is 0 Å².